The third kappa shape index (κ3) is 4.45. The molecule has 1 aromatic rings. The molecule has 1 amide bonds. The summed E-state index contributed by atoms with van der Waals surface area (Å²) in [7, 11) is 0. The highest BCUT2D eigenvalue weighted by Crippen LogP contribution is 2.22. The van der Waals surface area contributed by atoms with Crippen molar-refractivity contribution in [1.82, 2.24) is 10.2 Å². The van der Waals surface area contributed by atoms with E-state index in [1.54, 1.807) is 12.1 Å². The Bertz CT molecular complexity index is 559. The van der Waals surface area contributed by atoms with E-state index in [-0.39, 0.29) is 30.3 Å². The zero-order chi connectivity index (χ0) is 17.7. The van der Waals surface area contributed by atoms with Gasteiger partial charge in [-0.05, 0) is 37.6 Å². The predicted molar refractivity (Wildman–Crippen MR) is 93.9 cm³/mol. The molecule has 6 heteroatoms. The summed E-state index contributed by atoms with van der Waals surface area (Å²) < 4.78 is 14.5. The van der Waals surface area contributed by atoms with E-state index in [0.29, 0.717) is 11.3 Å². The average molecular weight is 337 g/mol. The fraction of sp³-hybridized carbons (Fsp3) is 0.611. The molecule has 2 atom stereocenters. The van der Waals surface area contributed by atoms with Gasteiger partial charge in [0.15, 0.2) is 0 Å². The normalized spacial score (nSPS) is 18.3. The number of rotatable bonds is 6. The Hall–Kier alpha value is -1.66. The first-order valence-electron chi connectivity index (χ1n) is 8.64. The number of benzene rings is 1. The van der Waals surface area contributed by atoms with E-state index in [4.69, 9.17) is 5.11 Å². The molecule has 0 aromatic heterocycles. The van der Waals surface area contributed by atoms with Crippen molar-refractivity contribution in [3.63, 3.8) is 0 Å². The predicted octanol–water partition coefficient (Wildman–Crippen LogP) is 1.71. The molecule has 0 saturated carbocycles. The topological polar surface area (TPSA) is 55.8 Å². The van der Waals surface area contributed by atoms with Crippen LogP contribution in [-0.2, 0) is 0 Å². The zero-order valence-corrected chi connectivity index (χ0v) is 14.8. The summed E-state index contributed by atoms with van der Waals surface area (Å²) in [4.78, 5) is 16.6. The van der Waals surface area contributed by atoms with Gasteiger partial charge < -0.3 is 20.2 Å². The van der Waals surface area contributed by atoms with E-state index in [1.165, 1.54) is 6.07 Å². The SMILES string of the molecule is CCN1CCN(c2ccc(C(=O)NC(C)C(C)CO)cc2F)CC1. The van der Waals surface area contributed by atoms with Crippen molar-refractivity contribution in [3.05, 3.63) is 29.6 Å². The van der Waals surface area contributed by atoms with Crippen LogP contribution < -0.4 is 10.2 Å². The molecule has 2 N–H and O–H groups in total. The number of nitrogens with one attached hydrogen (secondary N) is 1. The molecule has 2 unspecified atom stereocenters. The number of halogens is 1. The van der Waals surface area contributed by atoms with Gasteiger partial charge in [0.2, 0.25) is 0 Å². The molecule has 1 heterocycles. The molecule has 0 aliphatic carbocycles. The molecule has 134 valence electrons. The van der Waals surface area contributed by atoms with Crippen LogP contribution in [0.4, 0.5) is 10.1 Å². The number of amides is 1. The molecule has 5 nitrogen and oxygen atoms in total. The van der Waals surface area contributed by atoms with Crippen molar-refractivity contribution < 1.29 is 14.3 Å². The zero-order valence-electron chi connectivity index (χ0n) is 14.8. The lowest BCUT2D eigenvalue weighted by molar-refractivity contribution is 0.0916. The fourth-order valence-corrected chi connectivity index (χ4v) is 2.80. The van der Waals surface area contributed by atoms with E-state index in [2.05, 4.69) is 17.1 Å². The number of nitrogens with zero attached hydrogens (tertiary/aromatic N) is 2. The summed E-state index contributed by atoms with van der Waals surface area (Å²) in [5.41, 5.74) is 0.861. The molecule has 1 aliphatic heterocycles. The monoisotopic (exact) mass is 337 g/mol. The van der Waals surface area contributed by atoms with Crippen LogP contribution in [0.2, 0.25) is 0 Å². The highest BCUT2D eigenvalue weighted by Gasteiger charge is 2.20. The summed E-state index contributed by atoms with van der Waals surface area (Å²) in [6.45, 7) is 10.3. The smallest absolute Gasteiger partial charge is 0.251 e. The first-order chi connectivity index (χ1) is 11.5. The number of aliphatic hydroxyl groups excluding tert-OH is 1. The van der Waals surface area contributed by atoms with E-state index in [9.17, 15) is 9.18 Å². The van der Waals surface area contributed by atoms with Gasteiger partial charge in [0.05, 0.1) is 5.69 Å². The van der Waals surface area contributed by atoms with E-state index in [1.807, 2.05) is 18.7 Å². The van der Waals surface area contributed by atoms with Crippen molar-refractivity contribution in [2.45, 2.75) is 26.8 Å². The summed E-state index contributed by atoms with van der Waals surface area (Å²) in [6, 6.07) is 4.47. The van der Waals surface area contributed by atoms with Crippen LogP contribution in [0.1, 0.15) is 31.1 Å². The highest BCUT2D eigenvalue weighted by atomic mass is 19.1. The van der Waals surface area contributed by atoms with Gasteiger partial charge in [-0.15, -0.1) is 0 Å². The van der Waals surface area contributed by atoms with Gasteiger partial charge in [-0.3, -0.25) is 4.79 Å². The number of carbonyl (C=O) groups is 1. The number of aliphatic hydroxyl groups is 1. The fourth-order valence-electron chi connectivity index (χ4n) is 2.80. The number of hydrogen-bond acceptors (Lipinski definition) is 4. The summed E-state index contributed by atoms with van der Waals surface area (Å²) in [6.07, 6.45) is 0. The number of hydrogen-bond donors (Lipinski definition) is 2. The molecule has 1 fully saturated rings. The summed E-state index contributed by atoms with van der Waals surface area (Å²) in [5, 5.41) is 11.9. The molecule has 1 saturated heterocycles. The van der Waals surface area contributed by atoms with E-state index < -0.39 is 0 Å². The summed E-state index contributed by atoms with van der Waals surface area (Å²) >= 11 is 0. The van der Waals surface area contributed by atoms with Gasteiger partial charge in [-0.1, -0.05) is 13.8 Å². The maximum atomic E-state index is 14.5. The van der Waals surface area contributed by atoms with Gasteiger partial charge in [-0.2, -0.15) is 0 Å². The Kier molecular flexibility index (Phi) is 6.57. The first kappa shape index (κ1) is 18.7. The highest BCUT2D eigenvalue weighted by molar-refractivity contribution is 5.94. The number of piperazine rings is 1. The van der Waals surface area contributed by atoms with Crippen molar-refractivity contribution in [1.29, 1.82) is 0 Å². The molecule has 1 aliphatic rings. The lowest BCUT2D eigenvalue weighted by Gasteiger charge is -2.35. The van der Waals surface area contributed by atoms with E-state index >= 15 is 0 Å². The quantitative estimate of drug-likeness (QED) is 0.830. The van der Waals surface area contributed by atoms with Crippen molar-refractivity contribution in [3.8, 4) is 0 Å². The van der Waals surface area contributed by atoms with Gasteiger partial charge in [0, 0.05) is 44.4 Å². The largest absolute Gasteiger partial charge is 0.396 e. The minimum atomic E-state index is -0.365. The molecule has 0 spiro atoms. The molecular weight excluding hydrogens is 309 g/mol. The van der Waals surface area contributed by atoms with Crippen molar-refractivity contribution in [2.24, 2.45) is 5.92 Å². The molecule has 0 bridgehead atoms. The van der Waals surface area contributed by atoms with Crippen LogP contribution in [-0.4, -0.2) is 61.3 Å². The van der Waals surface area contributed by atoms with Crippen LogP contribution in [0.15, 0.2) is 18.2 Å². The van der Waals surface area contributed by atoms with Gasteiger partial charge in [-0.25, -0.2) is 4.39 Å². The van der Waals surface area contributed by atoms with Crippen molar-refractivity contribution >= 4 is 11.6 Å². The van der Waals surface area contributed by atoms with Gasteiger partial charge in [0.25, 0.3) is 5.91 Å². The van der Waals surface area contributed by atoms with Crippen LogP contribution in [0, 0.1) is 11.7 Å². The summed E-state index contributed by atoms with van der Waals surface area (Å²) in [5.74, 6) is -0.729. The first-order valence-corrected chi connectivity index (χ1v) is 8.64. The van der Waals surface area contributed by atoms with Gasteiger partial charge in [0.1, 0.15) is 5.82 Å². The molecule has 2 rings (SSSR count). The maximum Gasteiger partial charge on any atom is 0.251 e. The second kappa shape index (κ2) is 8.44. The minimum Gasteiger partial charge on any atom is -0.396 e. The van der Waals surface area contributed by atoms with Crippen LogP contribution in [0.5, 0.6) is 0 Å². The third-order valence-electron chi connectivity index (χ3n) is 4.87. The minimum absolute atomic E-state index is 0.00150. The lowest BCUT2D eigenvalue weighted by atomic mass is 10.0. The number of anilines is 1. The third-order valence-corrected chi connectivity index (χ3v) is 4.87. The van der Waals surface area contributed by atoms with E-state index in [0.717, 1.165) is 32.7 Å². The molecule has 0 radical (unpaired) electrons. The Morgan fingerprint density at radius 2 is 1.96 bits per heavy atom. The Morgan fingerprint density at radius 3 is 2.50 bits per heavy atom. The Morgan fingerprint density at radius 1 is 1.29 bits per heavy atom. The Labute approximate surface area is 143 Å². The van der Waals surface area contributed by atoms with Crippen LogP contribution in [0.25, 0.3) is 0 Å². The molecule has 24 heavy (non-hydrogen) atoms. The maximum absolute atomic E-state index is 14.5. The van der Waals surface area contributed by atoms with Crippen LogP contribution in [0.3, 0.4) is 0 Å². The number of likely N-dealkylation sites (N-methyl/N-ethyl adjacent to an activating group) is 1. The average Bonchev–Trinajstić information content (AvgIpc) is 2.60. The lowest BCUT2D eigenvalue weighted by Crippen LogP contribution is -2.46. The molecular formula is C18H28FN3O2. The molecule has 1 aromatic carbocycles. The Balaban J connectivity index is 2.03. The second-order valence-electron chi connectivity index (χ2n) is 6.51. The second-order valence-corrected chi connectivity index (χ2v) is 6.51. The standard InChI is InChI=1S/C18H28FN3O2/c1-4-21-7-9-22(10-8-21)17-6-5-15(11-16(17)19)18(24)20-14(3)13(2)12-23/h5-6,11,13-14,23H,4,7-10,12H2,1-3H3,(H,20,24). The van der Waals surface area contributed by atoms with Crippen molar-refractivity contribution in [2.75, 3.05) is 44.2 Å². The van der Waals surface area contributed by atoms with Gasteiger partial charge >= 0.3 is 0 Å². The number of carbonyl (C=O) groups excluding carboxylic acids is 1. The van der Waals surface area contributed by atoms with Crippen LogP contribution >= 0.6 is 0 Å².